The van der Waals surface area contributed by atoms with E-state index in [1.54, 1.807) is 24.4 Å². The zero-order valence-electron chi connectivity index (χ0n) is 9.68. The first-order chi connectivity index (χ1) is 9.24. The van der Waals surface area contributed by atoms with Crippen molar-refractivity contribution >= 4 is 34.0 Å². The molecule has 0 aliphatic carbocycles. The van der Waals surface area contributed by atoms with Gasteiger partial charge in [0.05, 0.1) is 0 Å². The van der Waals surface area contributed by atoms with Crippen molar-refractivity contribution in [2.24, 2.45) is 0 Å². The van der Waals surface area contributed by atoms with Gasteiger partial charge in [0.1, 0.15) is 5.75 Å². The largest absolute Gasteiger partial charge is 0.438 e. The Labute approximate surface area is 119 Å². The second-order valence-electron chi connectivity index (χ2n) is 3.86. The Bertz CT molecular complexity index is 746. The van der Waals surface area contributed by atoms with Crippen LogP contribution in [-0.4, -0.2) is 9.97 Å². The predicted molar refractivity (Wildman–Crippen MR) is 76.1 cm³/mol. The first-order valence-electron chi connectivity index (χ1n) is 5.58. The topological polar surface area (TPSA) is 35.0 Å². The Balaban J connectivity index is 2.09. The van der Waals surface area contributed by atoms with E-state index >= 15 is 0 Å². The average Bonchev–Trinajstić information content (AvgIpc) is 2.42. The summed E-state index contributed by atoms with van der Waals surface area (Å²) in [6.45, 7) is 0. The van der Waals surface area contributed by atoms with Crippen molar-refractivity contribution in [1.82, 2.24) is 9.97 Å². The minimum absolute atomic E-state index is 0.149. The second kappa shape index (κ2) is 5.03. The van der Waals surface area contributed by atoms with Crippen molar-refractivity contribution in [2.75, 3.05) is 0 Å². The quantitative estimate of drug-likeness (QED) is 0.640. The summed E-state index contributed by atoms with van der Waals surface area (Å²) in [5, 5.41) is 2.69. The fourth-order valence-corrected chi connectivity index (χ4v) is 2.18. The summed E-state index contributed by atoms with van der Waals surface area (Å²) in [6.07, 6.45) is 1.54. The highest BCUT2D eigenvalue weighted by molar-refractivity contribution is 6.35. The van der Waals surface area contributed by atoms with Gasteiger partial charge >= 0.3 is 0 Å². The van der Waals surface area contributed by atoms with E-state index in [9.17, 15) is 0 Å². The molecule has 2 aromatic carbocycles. The number of rotatable bonds is 2. The maximum atomic E-state index is 6.15. The average molecular weight is 291 g/mol. The maximum Gasteiger partial charge on any atom is 0.225 e. The van der Waals surface area contributed by atoms with Gasteiger partial charge in [-0.25, -0.2) is 4.98 Å². The number of hydrogen-bond donors (Lipinski definition) is 0. The molecule has 0 aliphatic heterocycles. The third kappa shape index (κ3) is 2.48. The number of halogens is 2. The molecule has 0 atom stereocenters. The molecule has 94 valence electrons. The minimum Gasteiger partial charge on any atom is -0.438 e. The lowest BCUT2D eigenvalue weighted by Gasteiger charge is -2.09. The molecule has 0 spiro atoms. The van der Waals surface area contributed by atoms with Crippen LogP contribution >= 0.6 is 23.2 Å². The fourth-order valence-electron chi connectivity index (χ4n) is 1.81. The van der Waals surface area contributed by atoms with Gasteiger partial charge in [0.2, 0.25) is 11.2 Å². The van der Waals surface area contributed by atoms with Crippen LogP contribution in [0, 0.1) is 0 Å². The van der Waals surface area contributed by atoms with Crippen molar-refractivity contribution < 1.29 is 4.74 Å². The molecule has 0 saturated heterocycles. The van der Waals surface area contributed by atoms with Crippen LogP contribution in [0.15, 0.2) is 48.7 Å². The molecule has 1 heterocycles. The van der Waals surface area contributed by atoms with Crippen LogP contribution < -0.4 is 4.74 Å². The summed E-state index contributed by atoms with van der Waals surface area (Å²) in [5.74, 6) is 1.07. The third-order valence-electron chi connectivity index (χ3n) is 2.65. The lowest BCUT2D eigenvalue weighted by molar-refractivity contribution is 0.467. The Morgan fingerprint density at radius 3 is 2.47 bits per heavy atom. The van der Waals surface area contributed by atoms with E-state index in [1.807, 2.05) is 24.3 Å². The second-order valence-corrected chi connectivity index (χ2v) is 4.60. The Hall–Kier alpha value is -1.84. The van der Waals surface area contributed by atoms with Crippen molar-refractivity contribution in [2.45, 2.75) is 0 Å². The highest BCUT2D eigenvalue weighted by Gasteiger charge is 2.07. The molecule has 0 unspecified atom stereocenters. The van der Waals surface area contributed by atoms with Gasteiger partial charge in [0.25, 0.3) is 0 Å². The molecule has 3 rings (SSSR count). The zero-order valence-corrected chi connectivity index (χ0v) is 11.2. The fraction of sp³-hybridized carbons (Fsp3) is 0. The summed E-state index contributed by atoms with van der Waals surface area (Å²) in [5.41, 5.74) is 0. The summed E-state index contributed by atoms with van der Waals surface area (Å²) < 4.78 is 5.73. The van der Waals surface area contributed by atoms with Gasteiger partial charge in [-0.3, -0.25) is 0 Å². The van der Waals surface area contributed by atoms with Crippen LogP contribution in [0.1, 0.15) is 0 Å². The van der Waals surface area contributed by atoms with Crippen LogP contribution in [0.3, 0.4) is 0 Å². The number of ether oxygens (including phenoxy) is 1. The molecule has 5 heteroatoms. The molecule has 3 nitrogen and oxygen atoms in total. The van der Waals surface area contributed by atoms with Crippen LogP contribution in [0.5, 0.6) is 11.6 Å². The number of benzene rings is 2. The first-order valence-corrected chi connectivity index (χ1v) is 6.33. The number of hydrogen-bond acceptors (Lipinski definition) is 3. The molecule has 0 fully saturated rings. The highest BCUT2D eigenvalue weighted by Crippen LogP contribution is 2.33. The van der Waals surface area contributed by atoms with E-state index < -0.39 is 0 Å². The molecule has 0 aliphatic rings. The summed E-state index contributed by atoms with van der Waals surface area (Å²) >= 11 is 11.9. The van der Waals surface area contributed by atoms with Gasteiger partial charge in [0, 0.05) is 28.1 Å². The molecule has 1 aromatic heterocycles. The van der Waals surface area contributed by atoms with Crippen LogP contribution in [0.25, 0.3) is 10.8 Å². The lowest BCUT2D eigenvalue weighted by Crippen LogP contribution is -1.90. The molecule has 0 amide bonds. The van der Waals surface area contributed by atoms with Crippen LogP contribution in [-0.2, 0) is 0 Å². The van der Waals surface area contributed by atoms with E-state index in [4.69, 9.17) is 27.9 Å². The molecule has 0 saturated carbocycles. The number of fused-ring (bicyclic) bond motifs is 1. The van der Waals surface area contributed by atoms with Gasteiger partial charge < -0.3 is 4.74 Å². The summed E-state index contributed by atoms with van der Waals surface area (Å²) in [7, 11) is 0. The highest BCUT2D eigenvalue weighted by atomic mass is 35.5. The Morgan fingerprint density at radius 2 is 1.68 bits per heavy atom. The molecule has 0 N–H and O–H groups in total. The van der Waals surface area contributed by atoms with Crippen molar-refractivity contribution in [3.8, 4) is 11.6 Å². The van der Waals surface area contributed by atoms with Gasteiger partial charge in [-0.05, 0) is 23.7 Å². The van der Waals surface area contributed by atoms with Gasteiger partial charge in [-0.15, -0.1) is 0 Å². The molecular weight excluding hydrogens is 283 g/mol. The minimum atomic E-state index is 0.149. The van der Waals surface area contributed by atoms with Crippen LogP contribution in [0.2, 0.25) is 10.3 Å². The number of nitrogens with zero attached hydrogens (tertiary/aromatic N) is 2. The lowest BCUT2D eigenvalue weighted by atomic mass is 10.1. The molecule has 19 heavy (non-hydrogen) atoms. The molecule has 3 aromatic rings. The normalized spacial score (nSPS) is 10.6. The zero-order chi connectivity index (χ0) is 13.2. The van der Waals surface area contributed by atoms with E-state index in [-0.39, 0.29) is 5.28 Å². The predicted octanol–water partition coefficient (Wildman–Crippen LogP) is 4.73. The Kier molecular flexibility index (Phi) is 3.23. The van der Waals surface area contributed by atoms with E-state index in [0.717, 1.165) is 10.8 Å². The standard InChI is InChI=1S/C14H8Cl2N2O/c15-11-5-6-12(10-4-2-1-3-9(10)11)19-13-7-8-17-14(16)18-13/h1-8H. The summed E-state index contributed by atoms with van der Waals surface area (Å²) in [4.78, 5) is 7.81. The van der Waals surface area contributed by atoms with E-state index in [1.165, 1.54) is 0 Å². The molecular formula is C14H8Cl2N2O. The smallest absolute Gasteiger partial charge is 0.225 e. The van der Waals surface area contributed by atoms with E-state index in [0.29, 0.717) is 16.7 Å². The SMILES string of the molecule is Clc1nccc(Oc2ccc(Cl)c3ccccc23)n1. The van der Waals surface area contributed by atoms with Crippen LogP contribution in [0.4, 0.5) is 0 Å². The van der Waals surface area contributed by atoms with Crippen molar-refractivity contribution in [1.29, 1.82) is 0 Å². The first kappa shape index (κ1) is 12.2. The maximum absolute atomic E-state index is 6.15. The summed E-state index contributed by atoms with van der Waals surface area (Å²) in [6, 6.07) is 13.0. The molecule has 0 bridgehead atoms. The number of aromatic nitrogens is 2. The van der Waals surface area contributed by atoms with Crippen molar-refractivity contribution in [3.63, 3.8) is 0 Å². The van der Waals surface area contributed by atoms with Gasteiger partial charge in [0.15, 0.2) is 0 Å². The molecule has 0 radical (unpaired) electrons. The van der Waals surface area contributed by atoms with Crippen molar-refractivity contribution in [3.05, 3.63) is 59.0 Å². The van der Waals surface area contributed by atoms with Gasteiger partial charge in [-0.2, -0.15) is 4.98 Å². The third-order valence-corrected chi connectivity index (χ3v) is 3.16. The Morgan fingerprint density at radius 1 is 0.895 bits per heavy atom. The van der Waals surface area contributed by atoms with E-state index in [2.05, 4.69) is 9.97 Å². The monoisotopic (exact) mass is 290 g/mol. The van der Waals surface area contributed by atoms with Gasteiger partial charge in [-0.1, -0.05) is 35.9 Å².